The number of carboxylic acids is 1. The maximum atomic E-state index is 11.9. The Labute approximate surface area is 66.6 Å². The minimum atomic E-state index is -4.33. The average Bonchev–Trinajstić information content (AvgIpc) is 2.30. The summed E-state index contributed by atoms with van der Waals surface area (Å²) in [6.07, 6.45) is -4.69. The molecule has 3 nitrogen and oxygen atoms in total. The van der Waals surface area contributed by atoms with Crippen molar-refractivity contribution < 1.29 is 23.1 Å². The Balaban J connectivity index is 2.51. The van der Waals surface area contributed by atoms with Crippen LogP contribution in [0.1, 0.15) is 6.42 Å². The number of carbonyl (C=O) groups is 1. The van der Waals surface area contributed by atoms with E-state index in [-0.39, 0.29) is 13.0 Å². The zero-order valence-corrected chi connectivity index (χ0v) is 6.06. The summed E-state index contributed by atoms with van der Waals surface area (Å²) in [7, 11) is 0. The molecule has 1 rings (SSSR count). The van der Waals surface area contributed by atoms with E-state index in [2.05, 4.69) is 5.32 Å². The Hall–Kier alpha value is -0.780. The highest BCUT2D eigenvalue weighted by molar-refractivity contribution is 5.70. The van der Waals surface area contributed by atoms with E-state index in [4.69, 9.17) is 5.11 Å². The number of alkyl halides is 3. The number of hydrogen-bond donors (Lipinski definition) is 2. The molecule has 0 spiro atoms. The first-order chi connectivity index (χ1) is 5.41. The number of aliphatic carboxylic acids is 1. The van der Waals surface area contributed by atoms with Crippen LogP contribution >= 0.6 is 0 Å². The highest BCUT2D eigenvalue weighted by atomic mass is 19.4. The van der Waals surface area contributed by atoms with Crippen LogP contribution in [0, 0.1) is 5.92 Å². The van der Waals surface area contributed by atoms with Crippen molar-refractivity contribution in [3.63, 3.8) is 0 Å². The van der Waals surface area contributed by atoms with Gasteiger partial charge in [0.25, 0.3) is 0 Å². The fourth-order valence-corrected chi connectivity index (χ4v) is 1.17. The van der Waals surface area contributed by atoms with Crippen LogP contribution in [-0.2, 0) is 4.79 Å². The number of rotatable bonds is 1. The Bertz CT molecular complexity index is 192. The first kappa shape index (κ1) is 9.31. The molecule has 1 aliphatic heterocycles. The van der Waals surface area contributed by atoms with Gasteiger partial charge in [0.15, 0.2) is 0 Å². The van der Waals surface area contributed by atoms with Crippen LogP contribution in [-0.4, -0.2) is 29.8 Å². The van der Waals surface area contributed by atoms with Crippen LogP contribution in [0.15, 0.2) is 0 Å². The molecule has 1 saturated heterocycles. The first-order valence-electron chi connectivity index (χ1n) is 3.44. The van der Waals surface area contributed by atoms with Crippen LogP contribution in [0.3, 0.4) is 0 Å². The minimum Gasteiger partial charge on any atom is -0.481 e. The summed E-state index contributed by atoms with van der Waals surface area (Å²) in [5, 5.41) is 10.5. The zero-order chi connectivity index (χ0) is 9.35. The maximum absolute atomic E-state index is 11.9. The van der Waals surface area contributed by atoms with Gasteiger partial charge in [0.2, 0.25) is 0 Å². The van der Waals surface area contributed by atoms with E-state index >= 15 is 0 Å². The zero-order valence-electron chi connectivity index (χ0n) is 6.06. The normalized spacial score (nSPS) is 30.6. The molecule has 0 unspecified atom stereocenters. The third-order valence-corrected chi connectivity index (χ3v) is 1.88. The molecule has 0 aliphatic carbocycles. The average molecular weight is 183 g/mol. The lowest BCUT2D eigenvalue weighted by atomic mass is 10.1. The van der Waals surface area contributed by atoms with Gasteiger partial charge >= 0.3 is 12.1 Å². The molecule has 0 aromatic heterocycles. The van der Waals surface area contributed by atoms with Gasteiger partial charge in [-0.15, -0.1) is 0 Å². The quantitative estimate of drug-likeness (QED) is 0.626. The van der Waals surface area contributed by atoms with Crippen LogP contribution in [0.5, 0.6) is 0 Å². The van der Waals surface area contributed by atoms with Gasteiger partial charge in [-0.3, -0.25) is 4.79 Å². The maximum Gasteiger partial charge on any atom is 0.403 e. The Morgan fingerprint density at radius 3 is 2.33 bits per heavy atom. The van der Waals surface area contributed by atoms with E-state index in [9.17, 15) is 18.0 Å². The van der Waals surface area contributed by atoms with E-state index in [1.165, 1.54) is 0 Å². The number of carboxylic acid groups (broad SMARTS) is 1. The Morgan fingerprint density at radius 2 is 2.08 bits per heavy atom. The van der Waals surface area contributed by atoms with Crippen molar-refractivity contribution in [3.8, 4) is 0 Å². The molecule has 2 atom stereocenters. The van der Waals surface area contributed by atoms with Gasteiger partial charge in [-0.1, -0.05) is 0 Å². The second-order valence-corrected chi connectivity index (χ2v) is 2.77. The van der Waals surface area contributed by atoms with Gasteiger partial charge in [0.05, 0.1) is 5.92 Å². The van der Waals surface area contributed by atoms with Crippen molar-refractivity contribution in [1.29, 1.82) is 0 Å². The van der Waals surface area contributed by atoms with Crippen molar-refractivity contribution in [1.82, 2.24) is 5.32 Å². The van der Waals surface area contributed by atoms with Crippen molar-refractivity contribution in [3.05, 3.63) is 0 Å². The van der Waals surface area contributed by atoms with Gasteiger partial charge in [0, 0.05) is 6.54 Å². The summed E-state index contributed by atoms with van der Waals surface area (Å²) in [5.41, 5.74) is 0. The third kappa shape index (κ3) is 1.88. The Morgan fingerprint density at radius 1 is 1.50 bits per heavy atom. The molecule has 0 saturated carbocycles. The molecule has 70 valence electrons. The SMILES string of the molecule is O=C(O)[C@H]1CN[C@@H](C(F)(F)F)C1. The fourth-order valence-electron chi connectivity index (χ4n) is 1.17. The molecule has 1 aliphatic rings. The smallest absolute Gasteiger partial charge is 0.403 e. The molecule has 1 fully saturated rings. The van der Waals surface area contributed by atoms with Crippen molar-refractivity contribution in [2.75, 3.05) is 6.54 Å². The molecule has 0 amide bonds. The molecule has 0 radical (unpaired) electrons. The monoisotopic (exact) mass is 183 g/mol. The fraction of sp³-hybridized carbons (Fsp3) is 0.833. The summed E-state index contributed by atoms with van der Waals surface area (Å²) in [5.74, 6) is -2.08. The summed E-state index contributed by atoms with van der Waals surface area (Å²) in [6.45, 7) is -0.0977. The van der Waals surface area contributed by atoms with Crippen LogP contribution < -0.4 is 5.32 Å². The standard InChI is InChI=1S/C6H8F3NO2/c7-6(8,9)4-1-3(2-10-4)5(11)12/h3-4,10H,1-2H2,(H,11,12)/t3-,4-/m1/s1. The number of hydrogen-bond acceptors (Lipinski definition) is 2. The third-order valence-electron chi connectivity index (χ3n) is 1.88. The van der Waals surface area contributed by atoms with E-state index < -0.39 is 24.1 Å². The molecule has 0 bridgehead atoms. The lowest BCUT2D eigenvalue weighted by Gasteiger charge is -2.13. The summed E-state index contributed by atoms with van der Waals surface area (Å²) >= 11 is 0. The van der Waals surface area contributed by atoms with E-state index in [1.54, 1.807) is 0 Å². The van der Waals surface area contributed by atoms with Crippen LogP contribution in [0.2, 0.25) is 0 Å². The van der Waals surface area contributed by atoms with Gasteiger partial charge in [-0.2, -0.15) is 13.2 Å². The van der Waals surface area contributed by atoms with Crippen molar-refractivity contribution in [2.45, 2.75) is 18.6 Å². The predicted molar refractivity (Wildman–Crippen MR) is 33.6 cm³/mol. The Kier molecular flexibility index (Phi) is 2.27. The molecule has 1 heterocycles. The lowest BCUT2D eigenvalue weighted by molar-refractivity contribution is -0.154. The first-order valence-corrected chi connectivity index (χ1v) is 3.44. The van der Waals surface area contributed by atoms with Gasteiger partial charge < -0.3 is 10.4 Å². The molecule has 12 heavy (non-hydrogen) atoms. The van der Waals surface area contributed by atoms with Crippen LogP contribution in [0.25, 0.3) is 0 Å². The highest BCUT2D eigenvalue weighted by Crippen LogP contribution is 2.28. The second-order valence-electron chi connectivity index (χ2n) is 2.77. The number of halogens is 3. The van der Waals surface area contributed by atoms with E-state index in [0.717, 1.165) is 0 Å². The summed E-state index contributed by atoms with van der Waals surface area (Å²) < 4.78 is 35.8. The van der Waals surface area contributed by atoms with E-state index in [1.807, 2.05) is 0 Å². The van der Waals surface area contributed by atoms with Gasteiger partial charge in [-0.25, -0.2) is 0 Å². The molecular formula is C6H8F3NO2. The molecule has 0 aromatic rings. The largest absolute Gasteiger partial charge is 0.481 e. The van der Waals surface area contributed by atoms with Crippen molar-refractivity contribution >= 4 is 5.97 Å². The molecular weight excluding hydrogens is 175 g/mol. The number of nitrogens with one attached hydrogen (secondary N) is 1. The topological polar surface area (TPSA) is 49.3 Å². The second kappa shape index (κ2) is 2.93. The lowest BCUT2D eigenvalue weighted by Crippen LogP contribution is -2.36. The molecule has 0 aromatic carbocycles. The summed E-state index contributed by atoms with van der Waals surface area (Å²) in [6, 6.07) is -1.65. The molecule has 2 N–H and O–H groups in total. The van der Waals surface area contributed by atoms with Crippen LogP contribution in [0.4, 0.5) is 13.2 Å². The van der Waals surface area contributed by atoms with E-state index in [0.29, 0.717) is 0 Å². The van der Waals surface area contributed by atoms with Crippen molar-refractivity contribution in [2.24, 2.45) is 5.92 Å². The predicted octanol–water partition coefficient (Wildman–Crippen LogP) is 0.611. The highest BCUT2D eigenvalue weighted by Gasteiger charge is 2.45. The van der Waals surface area contributed by atoms with Gasteiger partial charge in [-0.05, 0) is 6.42 Å². The minimum absolute atomic E-state index is 0.0977. The molecule has 6 heteroatoms. The van der Waals surface area contributed by atoms with Gasteiger partial charge in [0.1, 0.15) is 6.04 Å². The summed E-state index contributed by atoms with van der Waals surface area (Å²) in [4.78, 5) is 10.3.